The Labute approximate surface area is 516 Å². The number of carboxylic acids is 2. The predicted molar refractivity (Wildman–Crippen MR) is 352 cm³/mol. The maximum Gasteiger partial charge on any atom is 0.336 e. The van der Waals surface area contributed by atoms with Gasteiger partial charge in [0.25, 0.3) is 0 Å². The number of unbranched alkanes of at least 4 members (excludes halogenated alkanes) is 6. The Balaban J connectivity index is 0.000000156. The molecule has 0 saturated carbocycles. The third-order valence-electron chi connectivity index (χ3n) is 15.5. The molecule has 0 aliphatic heterocycles. The summed E-state index contributed by atoms with van der Waals surface area (Å²) in [5.41, 5.74) is 9.51. The Morgan fingerprint density at radius 1 is 0.449 bits per heavy atom. The number of rotatable bonds is 20. The number of nitrogens with zero attached hydrogens (tertiary/aromatic N) is 8. The topological polar surface area (TPSA) is 241 Å². The predicted octanol–water partition coefficient (Wildman–Crippen LogP) is 16.2. The summed E-state index contributed by atoms with van der Waals surface area (Å²) in [6.07, 6.45) is 30.0. The summed E-state index contributed by atoms with van der Waals surface area (Å²) in [6, 6.07) is 34.9. The van der Waals surface area contributed by atoms with Crippen LogP contribution in [-0.4, -0.2) is 120 Å². The van der Waals surface area contributed by atoms with Gasteiger partial charge in [-0.3, -0.25) is 23.9 Å². The first kappa shape index (κ1) is 63.0. The molecule has 89 heavy (non-hydrogen) atoms. The largest absolute Gasteiger partial charge is 0.478 e. The second kappa shape index (κ2) is 30.7. The highest BCUT2D eigenvalue weighted by atomic mass is 16.4. The van der Waals surface area contributed by atoms with Crippen LogP contribution in [0, 0.1) is 0 Å². The van der Waals surface area contributed by atoms with Gasteiger partial charge >= 0.3 is 24.0 Å². The Morgan fingerprint density at radius 2 is 0.955 bits per heavy atom. The number of nitrogens with one attached hydrogen (secondary N) is 3. The molecule has 0 unspecified atom stereocenters. The molecule has 0 bridgehead atoms. The number of carbonyl (C=O) groups excluding carboxylic acids is 3. The highest BCUT2D eigenvalue weighted by Gasteiger charge is 2.23. The molecule has 5 N–H and O–H groups in total. The highest BCUT2D eigenvalue weighted by molar-refractivity contribution is 6.21. The highest BCUT2D eigenvalue weighted by Crippen LogP contribution is 2.30. The number of aromatic carboxylic acids is 2. The summed E-state index contributed by atoms with van der Waals surface area (Å²) in [5.74, 6) is -1.97. The van der Waals surface area contributed by atoms with E-state index in [9.17, 15) is 29.1 Å². The lowest BCUT2D eigenvalue weighted by atomic mass is 9.99. The normalized spacial score (nSPS) is 11.0. The number of aromatic nitrogens is 9. The van der Waals surface area contributed by atoms with Gasteiger partial charge in [-0.15, -0.1) is 0 Å². The molecule has 12 aromatic rings. The molecule has 0 radical (unpaired) electrons. The first-order valence-corrected chi connectivity index (χ1v) is 30.5. The molecule has 0 fully saturated rings. The fourth-order valence-corrected chi connectivity index (χ4v) is 10.7. The van der Waals surface area contributed by atoms with Crippen LogP contribution in [0.25, 0.3) is 77.0 Å². The van der Waals surface area contributed by atoms with Crippen molar-refractivity contribution in [2.75, 3.05) is 26.2 Å². The third-order valence-corrected chi connectivity index (χ3v) is 15.5. The fraction of sp³-hybridized carbons (Fsp3) is 0.254. The van der Waals surface area contributed by atoms with Gasteiger partial charge in [-0.2, -0.15) is 0 Å². The zero-order valence-corrected chi connectivity index (χ0v) is 50.7. The van der Waals surface area contributed by atoms with Crippen molar-refractivity contribution in [1.29, 1.82) is 0 Å². The number of pyridine rings is 4. The van der Waals surface area contributed by atoms with Crippen LogP contribution in [0.3, 0.4) is 0 Å². The number of aromatic amines is 3. The van der Waals surface area contributed by atoms with Crippen molar-refractivity contribution in [1.82, 2.24) is 53.8 Å². The van der Waals surface area contributed by atoms with E-state index in [0.29, 0.717) is 33.2 Å². The van der Waals surface area contributed by atoms with Crippen molar-refractivity contribution in [3.63, 3.8) is 0 Å². The molecule has 0 spiro atoms. The SMILES string of the molecule is CCCCCN(CCCC)C(=O)n1ccc2c(C(=O)O)cccc21.CCCCCN(CCCC)C(=O)n1ccc2c(C(=O)c3c[nH]c4ncc(-c5cccnc5)cc34)cccc21.O=C(O)c1cccc2[nH]ccc12.c1cncc(-c2cnc3[nH]ccc3c2)c1. The first-order chi connectivity index (χ1) is 43.4. The second-order valence-electron chi connectivity index (χ2n) is 21.6. The lowest BCUT2D eigenvalue weighted by Gasteiger charge is -2.23. The molecule has 0 aliphatic rings. The van der Waals surface area contributed by atoms with E-state index in [0.717, 1.165) is 151 Å². The van der Waals surface area contributed by atoms with Crippen molar-refractivity contribution in [2.24, 2.45) is 0 Å². The second-order valence-corrected chi connectivity index (χ2v) is 21.6. The van der Waals surface area contributed by atoms with E-state index in [2.05, 4.69) is 68.6 Å². The summed E-state index contributed by atoms with van der Waals surface area (Å²) < 4.78 is 3.26. The number of amides is 2. The molecular formula is C71H75N11O7. The molecule has 0 saturated heterocycles. The van der Waals surface area contributed by atoms with Gasteiger partial charge in [-0.05, 0) is 105 Å². The molecule has 456 valence electrons. The average molecular weight is 1190 g/mol. The number of fused-ring (bicyclic) bond motifs is 5. The van der Waals surface area contributed by atoms with E-state index in [4.69, 9.17) is 5.11 Å². The van der Waals surface area contributed by atoms with Gasteiger partial charge in [0.2, 0.25) is 0 Å². The fourth-order valence-electron chi connectivity index (χ4n) is 10.7. The average Bonchev–Trinajstić information content (AvgIpc) is 3.01. The minimum absolute atomic E-state index is 0.0356. The molecule has 0 aliphatic carbocycles. The molecule has 3 aromatic carbocycles. The van der Waals surface area contributed by atoms with Gasteiger partial charge in [0.05, 0.1) is 22.2 Å². The van der Waals surface area contributed by atoms with Crippen LogP contribution in [0.5, 0.6) is 0 Å². The zero-order valence-electron chi connectivity index (χ0n) is 50.7. The van der Waals surface area contributed by atoms with E-state index < -0.39 is 11.9 Å². The third kappa shape index (κ3) is 15.2. The van der Waals surface area contributed by atoms with E-state index >= 15 is 0 Å². The van der Waals surface area contributed by atoms with E-state index in [1.165, 1.54) is 0 Å². The molecular weight excluding hydrogens is 1120 g/mol. The van der Waals surface area contributed by atoms with E-state index in [1.807, 2.05) is 95.1 Å². The van der Waals surface area contributed by atoms with Crippen LogP contribution in [-0.2, 0) is 0 Å². The summed E-state index contributed by atoms with van der Waals surface area (Å²) in [6.45, 7) is 11.5. The van der Waals surface area contributed by atoms with Crippen molar-refractivity contribution in [2.45, 2.75) is 91.9 Å². The van der Waals surface area contributed by atoms with Crippen LogP contribution >= 0.6 is 0 Å². The number of hydrogen-bond acceptors (Lipinski definition) is 9. The van der Waals surface area contributed by atoms with E-state index in [-0.39, 0.29) is 23.4 Å². The number of benzene rings is 3. The molecule has 9 heterocycles. The maximum absolute atomic E-state index is 13.8. The number of H-pyrrole nitrogens is 3. The smallest absolute Gasteiger partial charge is 0.336 e. The monoisotopic (exact) mass is 1190 g/mol. The van der Waals surface area contributed by atoms with Gasteiger partial charge in [-0.25, -0.2) is 29.1 Å². The molecule has 18 heteroatoms. The standard InChI is InChI=1S/C31H33N5O2.C19H26N2O3.C12H9N3.C9H7NO2/c1-3-5-7-16-35(15-6-4-2)31(38)36-17-13-24-25(11-8-12-28(24)36)29(37)27-21-34-30-26(27)18-23(20-33-30)22-10-9-14-32-19-22;1-3-5-7-13-20(12-6-4-2)19(24)21-14-11-15-16(18(22)23)9-8-10-17(15)21;1-2-10(7-13-4-1)11-6-9-3-5-14-12(9)15-8-11;11-9(12)7-2-1-3-8-6(7)4-5-10-8/h8-14,17-21H,3-7,15-16H2,1-2H3,(H,33,34);8-11,14H,3-7,12-13H2,1-2H3,(H,22,23);1-8H,(H,14,15);1-5,10H,(H,11,12). The van der Waals surface area contributed by atoms with Crippen LogP contribution < -0.4 is 0 Å². The number of ketones is 1. The van der Waals surface area contributed by atoms with Gasteiger partial charge < -0.3 is 35.0 Å². The quantitative estimate of drug-likeness (QED) is 0.0355. The first-order valence-electron chi connectivity index (χ1n) is 30.5. The Bertz CT molecular complexity index is 4330. The van der Waals surface area contributed by atoms with Gasteiger partial charge in [-0.1, -0.05) is 103 Å². The lowest BCUT2D eigenvalue weighted by Crippen LogP contribution is -2.36. The molecule has 12 rings (SSSR count). The van der Waals surface area contributed by atoms with E-state index in [1.54, 1.807) is 101 Å². The molecule has 9 aromatic heterocycles. The number of hydrogen-bond donors (Lipinski definition) is 5. The Morgan fingerprint density at radius 3 is 1.51 bits per heavy atom. The molecule has 0 atom stereocenters. The van der Waals surface area contributed by atoms with Crippen molar-refractivity contribution >= 4 is 84.6 Å². The van der Waals surface area contributed by atoms with Crippen molar-refractivity contribution in [3.05, 3.63) is 206 Å². The maximum atomic E-state index is 13.8. The van der Waals surface area contributed by atoms with Crippen LogP contribution in [0.4, 0.5) is 9.59 Å². The Hall–Kier alpha value is -10.5. The summed E-state index contributed by atoms with van der Waals surface area (Å²) in [7, 11) is 0. The summed E-state index contributed by atoms with van der Waals surface area (Å²) >= 11 is 0. The van der Waals surface area contributed by atoms with Gasteiger partial charge in [0.15, 0.2) is 5.78 Å². The Kier molecular flexibility index (Phi) is 21.8. The minimum atomic E-state index is -0.975. The zero-order chi connectivity index (χ0) is 62.7. The van der Waals surface area contributed by atoms with Crippen molar-refractivity contribution < 1.29 is 34.2 Å². The van der Waals surface area contributed by atoms with Gasteiger partial charge in [0.1, 0.15) is 11.3 Å². The summed E-state index contributed by atoms with van der Waals surface area (Å²) in [5, 5.41) is 22.1. The van der Waals surface area contributed by atoms with Crippen LogP contribution in [0.15, 0.2) is 183 Å². The number of carboxylic acid groups (broad SMARTS) is 2. The van der Waals surface area contributed by atoms with Crippen LogP contribution in [0.1, 0.15) is 129 Å². The lowest BCUT2D eigenvalue weighted by molar-refractivity contribution is 0.0688. The number of carbonyl (C=O) groups is 5. The molecule has 2 amide bonds. The van der Waals surface area contributed by atoms with Gasteiger partial charge in [0, 0.05) is 160 Å². The minimum Gasteiger partial charge on any atom is -0.478 e. The summed E-state index contributed by atoms with van der Waals surface area (Å²) in [4.78, 5) is 92.5. The van der Waals surface area contributed by atoms with Crippen molar-refractivity contribution in [3.8, 4) is 22.3 Å². The molecule has 18 nitrogen and oxygen atoms in total. The van der Waals surface area contributed by atoms with Crippen LogP contribution in [0.2, 0.25) is 0 Å².